The van der Waals surface area contributed by atoms with Crippen LogP contribution in [0.5, 0.6) is 0 Å². The molecule has 0 N–H and O–H groups in total. The molecule has 2 aromatic rings. The average molecular weight is 291 g/mol. The molecule has 0 spiro atoms. The predicted octanol–water partition coefficient (Wildman–Crippen LogP) is 4.30. The molecule has 0 aromatic heterocycles. The molecular weight excluding hydrogens is 278 g/mol. The van der Waals surface area contributed by atoms with Crippen molar-refractivity contribution < 1.29 is 4.79 Å². The van der Waals surface area contributed by atoms with Gasteiger partial charge in [-0.3, -0.25) is 4.79 Å². The van der Waals surface area contributed by atoms with Crippen molar-refractivity contribution in [3.63, 3.8) is 0 Å². The van der Waals surface area contributed by atoms with Gasteiger partial charge in [-0.2, -0.15) is 0 Å². The minimum Gasteiger partial charge on any atom is -0.266 e. The Balaban J connectivity index is 1.73. The van der Waals surface area contributed by atoms with Gasteiger partial charge in [0.2, 0.25) is 0 Å². The van der Waals surface area contributed by atoms with E-state index in [2.05, 4.69) is 4.99 Å². The average Bonchev–Trinajstić information content (AvgIpc) is 2.91. The third-order valence-corrected chi connectivity index (χ3v) is 4.03. The van der Waals surface area contributed by atoms with Crippen LogP contribution in [0.15, 0.2) is 82.7 Å². The van der Waals surface area contributed by atoms with E-state index in [9.17, 15) is 4.79 Å². The van der Waals surface area contributed by atoms with Crippen molar-refractivity contribution in [3.8, 4) is 0 Å². The largest absolute Gasteiger partial charge is 0.284 e. The molecule has 0 bridgehead atoms. The molecule has 0 fully saturated rings. The molecule has 3 heteroatoms. The maximum Gasteiger partial charge on any atom is 0.284 e. The van der Waals surface area contributed by atoms with Crippen molar-refractivity contribution in [2.24, 2.45) is 4.99 Å². The quantitative estimate of drug-likeness (QED) is 0.789. The zero-order chi connectivity index (χ0) is 14.5. The molecule has 0 unspecified atom stereocenters. The van der Waals surface area contributed by atoms with Gasteiger partial charge in [-0.15, -0.1) is 0 Å². The van der Waals surface area contributed by atoms with Crippen LogP contribution in [0.2, 0.25) is 0 Å². The Kier molecular flexibility index (Phi) is 4.12. The summed E-state index contributed by atoms with van der Waals surface area (Å²) in [4.78, 5) is 16.6. The van der Waals surface area contributed by atoms with Gasteiger partial charge in [0.1, 0.15) is 5.04 Å². The van der Waals surface area contributed by atoms with E-state index in [0.29, 0.717) is 4.91 Å². The van der Waals surface area contributed by atoms with Crippen LogP contribution in [0.25, 0.3) is 6.08 Å². The lowest BCUT2D eigenvalue weighted by molar-refractivity contribution is -0.113. The number of thioether (sulfide) groups is 1. The van der Waals surface area contributed by atoms with Crippen LogP contribution < -0.4 is 0 Å². The highest BCUT2D eigenvalue weighted by atomic mass is 32.2. The monoisotopic (exact) mass is 291 g/mol. The summed E-state index contributed by atoms with van der Waals surface area (Å²) in [6.07, 6.45) is 5.68. The van der Waals surface area contributed by atoms with E-state index in [-0.39, 0.29) is 5.91 Å². The van der Waals surface area contributed by atoms with Crippen molar-refractivity contribution in [2.75, 3.05) is 0 Å². The van der Waals surface area contributed by atoms with Gasteiger partial charge < -0.3 is 0 Å². The number of aliphatic imine (C=N–C) groups is 1. The normalized spacial score (nSPS) is 16.7. The van der Waals surface area contributed by atoms with Crippen LogP contribution in [0.4, 0.5) is 0 Å². The summed E-state index contributed by atoms with van der Waals surface area (Å²) in [5.41, 5.74) is 2.08. The van der Waals surface area contributed by atoms with Gasteiger partial charge in [0.05, 0.1) is 4.91 Å². The lowest BCUT2D eigenvalue weighted by Gasteiger charge is -1.97. The van der Waals surface area contributed by atoms with Gasteiger partial charge in [-0.1, -0.05) is 84.6 Å². The molecule has 1 aliphatic heterocycles. The lowest BCUT2D eigenvalue weighted by Crippen LogP contribution is -1.89. The van der Waals surface area contributed by atoms with Crippen molar-refractivity contribution in [3.05, 3.63) is 88.8 Å². The summed E-state index contributed by atoms with van der Waals surface area (Å²) in [5, 5.41) is 0.764. The standard InChI is InChI=1S/C18H13NOS/c20-17-16(13-7-10-14-8-3-1-4-9-14)21-18(19-17)15-11-5-2-6-12-15/h1-13H/b10-7+,16-13-. The number of hydrogen-bond donors (Lipinski definition) is 0. The van der Waals surface area contributed by atoms with E-state index >= 15 is 0 Å². The summed E-state index contributed by atoms with van der Waals surface area (Å²) in [5.74, 6) is -0.170. The second kappa shape index (κ2) is 6.37. The Hall–Kier alpha value is -2.39. The first kappa shape index (κ1) is 13.6. The second-order valence-corrected chi connectivity index (χ2v) is 5.52. The summed E-state index contributed by atoms with van der Waals surface area (Å²) in [6.45, 7) is 0. The van der Waals surface area contributed by atoms with Crippen LogP contribution in [-0.4, -0.2) is 11.0 Å². The van der Waals surface area contributed by atoms with Gasteiger partial charge in [0.25, 0.3) is 5.91 Å². The topological polar surface area (TPSA) is 29.4 Å². The molecule has 21 heavy (non-hydrogen) atoms. The minimum absolute atomic E-state index is 0.170. The molecule has 1 amide bonds. The van der Waals surface area contributed by atoms with Crippen LogP contribution in [0.3, 0.4) is 0 Å². The summed E-state index contributed by atoms with van der Waals surface area (Å²) < 4.78 is 0. The zero-order valence-electron chi connectivity index (χ0n) is 11.3. The third-order valence-electron chi connectivity index (χ3n) is 2.98. The molecule has 0 saturated heterocycles. The maximum atomic E-state index is 11.9. The molecule has 1 aliphatic rings. The molecule has 1 heterocycles. The van der Waals surface area contributed by atoms with Crippen LogP contribution in [0, 0.1) is 0 Å². The zero-order valence-corrected chi connectivity index (χ0v) is 12.1. The molecule has 2 aromatic carbocycles. The highest BCUT2D eigenvalue weighted by Gasteiger charge is 2.21. The van der Waals surface area contributed by atoms with Crippen molar-refractivity contribution in [2.45, 2.75) is 0 Å². The summed E-state index contributed by atoms with van der Waals surface area (Å²) in [6, 6.07) is 19.7. The predicted molar refractivity (Wildman–Crippen MR) is 89.1 cm³/mol. The Morgan fingerprint density at radius 1 is 0.905 bits per heavy atom. The third kappa shape index (κ3) is 3.38. The van der Waals surface area contributed by atoms with E-state index < -0.39 is 0 Å². The number of carbonyl (C=O) groups excluding carboxylic acids is 1. The first-order valence-electron chi connectivity index (χ1n) is 6.62. The van der Waals surface area contributed by atoms with E-state index in [1.165, 1.54) is 11.8 Å². The Morgan fingerprint density at radius 2 is 1.57 bits per heavy atom. The molecule has 3 rings (SSSR count). The fourth-order valence-electron chi connectivity index (χ4n) is 1.94. The van der Waals surface area contributed by atoms with E-state index in [1.54, 1.807) is 0 Å². The van der Waals surface area contributed by atoms with Gasteiger partial charge in [-0.05, 0) is 11.6 Å². The first-order valence-corrected chi connectivity index (χ1v) is 7.44. The molecule has 102 valence electrons. The Labute approximate surface area is 127 Å². The number of rotatable bonds is 3. The number of benzene rings is 2. The van der Waals surface area contributed by atoms with Crippen molar-refractivity contribution in [1.82, 2.24) is 0 Å². The summed E-state index contributed by atoms with van der Waals surface area (Å²) in [7, 11) is 0. The van der Waals surface area contributed by atoms with Gasteiger partial charge >= 0.3 is 0 Å². The smallest absolute Gasteiger partial charge is 0.266 e. The van der Waals surface area contributed by atoms with Gasteiger partial charge in [0, 0.05) is 5.56 Å². The van der Waals surface area contributed by atoms with Crippen molar-refractivity contribution in [1.29, 1.82) is 0 Å². The highest BCUT2D eigenvalue weighted by molar-refractivity contribution is 8.19. The first-order chi connectivity index (χ1) is 10.3. The SMILES string of the molecule is O=C1N=C(c2ccccc2)S/C1=C\C=C\c1ccccc1. The molecule has 2 nitrogen and oxygen atoms in total. The fraction of sp³-hybridized carbons (Fsp3) is 0. The molecular formula is C18H13NOS. The minimum atomic E-state index is -0.170. The van der Waals surface area contributed by atoms with Crippen molar-refractivity contribution >= 4 is 28.8 Å². The number of allylic oxidation sites excluding steroid dienone is 2. The summed E-state index contributed by atoms with van der Waals surface area (Å²) >= 11 is 1.42. The molecule has 0 saturated carbocycles. The van der Waals surface area contributed by atoms with Gasteiger partial charge in [0.15, 0.2) is 0 Å². The Morgan fingerprint density at radius 3 is 2.29 bits per heavy atom. The fourth-order valence-corrected chi connectivity index (χ4v) is 2.81. The molecule has 0 aliphatic carbocycles. The lowest BCUT2D eigenvalue weighted by atomic mass is 10.2. The van der Waals surface area contributed by atoms with Crippen LogP contribution in [-0.2, 0) is 4.79 Å². The molecule has 0 atom stereocenters. The Bertz CT molecular complexity index is 730. The number of nitrogens with zero attached hydrogens (tertiary/aromatic N) is 1. The highest BCUT2D eigenvalue weighted by Crippen LogP contribution is 2.30. The number of carbonyl (C=O) groups is 1. The van der Waals surface area contributed by atoms with Crippen LogP contribution >= 0.6 is 11.8 Å². The van der Waals surface area contributed by atoms with E-state index in [1.807, 2.05) is 78.9 Å². The van der Waals surface area contributed by atoms with Crippen LogP contribution in [0.1, 0.15) is 11.1 Å². The van der Waals surface area contributed by atoms with E-state index in [0.717, 1.165) is 16.2 Å². The maximum absolute atomic E-state index is 11.9. The number of amides is 1. The number of hydrogen-bond acceptors (Lipinski definition) is 2. The van der Waals surface area contributed by atoms with E-state index in [4.69, 9.17) is 0 Å². The van der Waals surface area contributed by atoms with Gasteiger partial charge in [-0.25, -0.2) is 4.99 Å². The second-order valence-electron chi connectivity index (χ2n) is 4.49. The molecule has 0 radical (unpaired) electrons.